The van der Waals surface area contributed by atoms with Crippen molar-refractivity contribution in [2.24, 2.45) is 0 Å². The second kappa shape index (κ2) is 5.72. The minimum atomic E-state index is 0.709. The molecule has 0 heterocycles. The lowest BCUT2D eigenvalue weighted by atomic mass is 10.1. The van der Waals surface area contributed by atoms with Crippen LogP contribution in [-0.2, 0) is 0 Å². The van der Waals surface area contributed by atoms with Gasteiger partial charge in [0.2, 0.25) is 0 Å². The van der Waals surface area contributed by atoms with Gasteiger partial charge in [-0.3, -0.25) is 4.90 Å². The van der Waals surface area contributed by atoms with Crippen molar-refractivity contribution in [1.82, 2.24) is 10.2 Å². The Bertz CT molecular complexity index is 154. The van der Waals surface area contributed by atoms with Gasteiger partial charge in [0.1, 0.15) is 0 Å². The van der Waals surface area contributed by atoms with E-state index < -0.39 is 0 Å². The zero-order chi connectivity index (χ0) is 10.6. The molecular weight excluding hydrogens is 172 g/mol. The van der Waals surface area contributed by atoms with Gasteiger partial charge in [-0.1, -0.05) is 13.8 Å². The minimum absolute atomic E-state index is 0.709. The highest BCUT2D eigenvalue weighted by Crippen LogP contribution is 2.19. The van der Waals surface area contributed by atoms with Gasteiger partial charge in [-0.2, -0.15) is 0 Å². The molecule has 0 saturated heterocycles. The van der Waals surface area contributed by atoms with Crippen LogP contribution in [0.15, 0.2) is 0 Å². The maximum absolute atomic E-state index is 3.63. The smallest absolute Gasteiger partial charge is 0.0217 e. The van der Waals surface area contributed by atoms with E-state index in [1.54, 1.807) is 0 Å². The Kier molecular flexibility index (Phi) is 4.90. The van der Waals surface area contributed by atoms with Crippen LogP contribution in [0.3, 0.4) is 0 Å². The monoisotopic (exact) mass is 198 g/mol. The SMILES string of the molecule is CCC(C)N(C)C(CC)CNC1CC1. The van der Waals surface area contributed by atoms with Gasteiger partial charge in [0.15, 0.2) is 0 Å². The van der Waals surface area contributed by atoms with Crippen LogP contribution in [0.1, 0.15) is 46.5 Å². The first-order chi connectivity index (χ1) is 6.69. The van der Waals surface area contributed by atoms with Crippen LogP contribution in [-0.4, -0.2) is 36.6 Å². The molecule has 2 unspecified atom stereocenters. The molecule has 1 rings (SSSR count). The van der Waals surface area contributed by atoms with E-state index in [0.29, 0.717) is 12.1 Å². The quantitative estimate of drug-likeness (QED) is 0.675. The van der Waals surface area contributed by atoms with Crippen molar-refractivity contribution in [1.29, 1.82) is 0 Å². The van der Waals surface area contributed by atoms with Crippen molar-refractivity contribution in [2.45, 2.75) is 64.6 Å². The Morgan fingerprint density at radius 3 is 2.36 bits per heavy atom. The van der Waals surface area contributed by atoms with Gasteiger partial charge in [-0.15, -0.1) is 0 Å². The van der Waals surface area contributed by atoms with Gasteiger partial charge in [0, 0.05) is 24.7 Å². The highest BCUT2D eigenvalue weighted by Gasteiger charge is 2.23. The van der Waals surface area contributed by atoms with Crippen LogP contribution in [0.2, 0.25) is 0 Å². The van der Waals surface area contributed by atoms with Gasteiger partial charge in [-0.05, 0) is 39.7 Å². The summed E-state index contributed by atoms with van der Waals surface area (Å²) >= 11 is 0. The Morgan fingerprint density at radius 2 is 1.93 bits per heavy atom. The number of rotatable bonds is 7. The van der Waals surface area contributed by atoms with Crippen LogP contribution in [0, 0.1) is 0 Å². The molecule has 14 heavy (non-hydrogen) atoms. The van der Waals surface area contributed by atoms with E-state index in [-0.39, 0.29) is 0 Å². The molecule has 0 amide bonds. The first kappa shape index (κ1) is 12.0. The summed E-state index contributed by atoms with van der Waals surface area (Å²) in [5.41, 5.74) is 0. The fourth-order valence-electron chi connectivity index (χ4n) is 1.81. The van der Waals surface area contributed by atoms with Crippen molar-refractivity contribution < 1.29 is 0 Å². The topological polar surface area (TPSA) is 15.3 Å². The molecule has 2 atom stereocenters. The first-order valence-electron chi connectivity index (χ1n) is 6.14. The van der Waals surface area contributed by atoms with E-state index in [0.717, 1.165) is 6.04 Å². The number of hydrogen-bond donors (Lipinski definition) is 1. The van der Waals surface area contributed by atoms with Crippen LogP contribution < -0.4 is 5.32 Å². The van der Waals surface area contributed by atoms with Crippen LogP contribution >= 0.6 is 0 Å². The lowest BCUT2D eigenvalue weighted by Gasteiger charge is -2.32. The van der Waals surface area contributed by atoms with Crippen molar-refractivity contribution in [3.8, 4) is 0 Å². The molecule has 0 bridgehead atoms. The van der Waals surface area contributed by atoms with Crippen molar-refractivity contribution in [3.05, 3.63) is 0 Å². The Balaban J connectivity index is 2.26. The number of nitrogens with one attached hydrogen (secondary N) is 1. The van der Waals surface area contributed by atoms with Crippen LogP contribution in [0.5, 0.6) is 0 Å². The fourth-order valence-corrected chi connectivity index (χ4v) is 1.81. The lowest BCUT2D eigenvalue weighted by molar-refractivity contribution is 0.171. The van der Waals surface area contributed by atoms with E-state index in [1.165, 1.54) is 32.2 Å². The molecule has 0 aromatic rings. The molecule has 0 aromatic heterocycles. The van der Waals surface area contributed by atoms with Crippen LogP contribution in [0.4, 0.5) is 0 Å². The highest BCUT2D eigenvalue weighted by atomic mass is 15.2. The number of hydrogen-bond acceptors (Lipinski definition) is 2. The minimum Gasteiger partial charge on any atom is -0.312 e. The predicted molar refractivity (Wildman–Crippen MR) is 62.6 cm³/mol. The average molecular weight is 198 g/mol. The van der Waals surface area contributed by atoms with Gasteiger partial charge >= 0.3 is 0 Å². The van der Waals surface area contributed by atoms with Gasteiger partial charge in [0.25, 0.3) is 0 Å². The zero-order valence-electron chi connectivity index (χ0n) is 10.2. The van der Waals surface area contributed by atoms with Crippen molar-refractivity contribution >= 4 is 0 Å². The molecule has 0 radical (unpaired) electrons. The maximum Gasteiger partial charge on any atom is 0.0217 e. The van der Waals surface area contributed by atoms with E-state index in [9.17, 15) is 0 Å². The third kappa shape index (κ3) is 3.58. The normalized spacial score (nSPS) is 21.2. The van der Waals surface area contributed by atoms with Crippen LogP contribution in [0.25, 0.3) is 0 Å². The summed E-state index contributed by atoms with van der Waals surface area (Å²) in [6.07, 6.45) is 5.28. The molecule has 1 N–H and O–H groups in total. The fraction of sp³-hybridized carbons (Fsp3) is 1.00. The molecule has 2 nitrogen and oxygen atoms in total. The van der Waals surface area contributed by atoms with Gasteiger partial charge < -0.3 is 5.32 Å². The second-order valence-electron chi connectivity index (χ2n) is 4.67. The van der Waals surface area contributed by atoms with Gasteiger partial charge in [-0.25, -0.2) is 0 Å². The third-order valence-corrected chi connectivity index (χ3v) is 3.55. The first-order valence-corrected chi connectivity index (χ1v) is 6.14. The Morgan fingerprint density at radius 1 is 1.29 bits per heavy atom. The summed E-state index contributed by atoms with van der Waals surface area (Å²) in [6.45, 7) is 8.04. The summed E-state index contributed by atoms with van der Waals surface area (Å²) in [5, 5.41) is 3.63. The lowest BCUT2D eigenvalue weighted by Crippen LogP contribution is -2.44. The van der Waals surface area contributed by atoms with E-state index in [4.69, 9.17) is 0 Å². The van der Waals surface area contributed by atoms with E-state index >= 15 is 0 Å². The molecule has 1 fully saturated rings. The largest absolute Gasteiger partial charge is 0.312 e. The molecule has 84 valence electrons. The highest BCUT2D eigenvalue weighted by molar-refractivity contribution is 4.84. The summed E-state index contributed by atoms with van der Waals surface area (Å²) in [7, 11) is 2.26. The maximum atomic E-state index is 3.63. The average Bonchev–Trinajstić information content (AvgIpc) is 3.01. The Labute approximate surface area is 89.1 Å². The number of nitrogens with zero attached hydrogens (tertiary/aromatic N) is 1. The third-order valence-electron chi connectivity index (χ3n) is 3.55. The molecule has 2 heteroatoms. The molecular formula is C12H26N2. The molecule has 1 aliphatic carbocycles. The molecule has 0 aliphatic heterocycles. The Hall–Kier alpha value is -0.0800. The zero-order valence-corrected chi connectivity index (χ0v) is 10.2. The second-order valence-corrected chi connectivity index (χ2v) is 4.67. The van der Waals surface area contributed by atoms with Gasteiger partial charge in [0.05, 0.1) is 0 Å². The molecule has 1 saturated carbocycles. The summed E-state index contributed by atoms with van der Waals surface area (Å²) in [4.78, 5) is 2.52. The summed E-state index contributed by atoms with van der Waals surface area (Å²) in [6, 6.07) is 2.26. The van der Waals surface area contributed by atoms with Crippen molar-refractivity contribution in [3.63, 3.8) is 0 Å². The molecule has 0 aromatic carbocycles. The standard InChI is InChI=1S/C12H26N2/c1-5-10(3)14(4)12(6-2)9-13-11-7-8-11/h10-13H,5-9H2,1-4H3. The summed E-state index contributed by atoms with van der Waals surface area (Å²) in [5.74, 6) is 0. The summed E-state index contributed by atoms with van der Waals surface area (Å²) < 4.78 is 0. The van der Waals surface area contributed by atoms with Crippen molar-refractivity contribution in [2.75, 3.05) is 13.6 Å². The molecule has 1 aliphatic rings. The van der Waals surface area contributed by atoms with E-state index in [2.05, 4.69) is 38.0 Å². The number of likely N-dealkylation sites (N-methyl/N-ethyl adjacent to an activating group) is 1. The molecule has 0 spiro atoms. The predicted octanol–water partition coefficient (Wildman–Crippen LogP) is 2.25. The van der Waals surface area contributed by atoms with E-state index in [1.807, 2.05) is 0 Å².